The van der Waals surface area contributed by atoms with Crippen LogP contribution in [-0.2, 0) is 4.79 Å². The fourth-order valence-electron chi connectivity index (χ4n) is 2.46. The predicted molar refractivity (Wildman–Crippen MR) is 69.3 cm³/mol. The van der Waals surface area contributed by atoms with Crippen LogP contribution in [0.2, 0.25) is 0 Å². The summed E-state index contributed by atoms with van der Waals surface area (Å²) in [5.41, 5.74) is 1.20. The average Bonchev–Trinajstić information content (AvgIpc) is 2.96. The van der Waals surface area contributed by atoms with Crippen molar-refractivity contribution >= 4 is 17.7 Å². The zero-order valence-corrected chi connectivity index (χ0v) is 10.4. The smallest absolute Gasteiger partial charge is 0.228 e. The van der Waals surface area contributed by atoms with E-state index >= 15 is 0 Å². The first-order valence-electron chi connectivity index (χ1n) is 6.07. The lowest BCUT2D eigenvalue weighted by Gasteiger charge is -2.15. The third-order valence-corrected chi connectivity index (χ3v) is 4.61. The van der Waals surface area contributed by atoms with Crippen molar-refractivity contribution < 1.29 is 4.79 Å². The Morgan fingerprint density at radius 1 is 1.41 bits per heavy atom. The lowest BCUT2D eigenvalue weighted by molar-refractivity contribution is -0.122. The molecule has 4 heteroatoms. The van der Waals surface area contributed by atoms with Gasteiger partial charge < -0.3 is 10.6 Å². The van der Waals surface area contributed by atoms with Crippen molar-refractivity contribution in [2.75, 3.05) is 18.8 Å². The average molecular weight is 248 g/mol. The van der Waals surface area contributed by atoms with Crippen molar-refractivity contribution in [3.63, 3.8) is 0 Å². The quantitative estimate of drug-likeness (QED) is 0.830. The fourth-order valence-corrected chi connectivity index (χ4v) is 3.69. The summed E-state index contributed by atoms with van der Waals surface area (Å²) in [6, 6.07) is 8.55. The van der Waals surface area contributed by atoms with Gasteiger partial charge in [0, 0.05) is 23.2 Å². The summed E-state index contributed by atoms with van der Waals surface area (Å²) in [4.78, 5) is 13.5. The zero-order chi connectivity index (χ0) is 11.7. The maximum atomic E-state index is 12.2. The van der Waals surface area contributed by atoms with Gasteiger partial charge in [-0.25, -0.2) is 0 Å². The number of hydrogen-bond donors (Lipinski definition) is 2. The molecule has 0 saturated carbocycles. The van der Waals surface area contributed by atoms with E-state index in [1.54, 1.807) is 11.8 Å². The molecule has 1 unspecified atom stereocenters. The molecule has 0 spiro atoms. The minimum absolute atomic E-state index is 0.0387. The minimum atomic E-state index is 0.0387. The highest BCUT2D eigenvalue weighted by atomic mass is 32.2. The number of nitrogens with one attached hydrogen (secondary N) is 2. The summed E-state index contributed by atoms with van der Waals surface area (Å²) in [5.74, 6) is 1.11. The summed E-state index contributed by atoms with van der Waals surface area (Å²) in [6.07, 6.45) is 1.05. The molecule has 3 rings (SSSR count). The van der Waals surface area contributed by atoms with E-state index in [1.807, 2.05) is 12.1 Å². The maximum absolute atomic E-state index is 12.2. The number of carbonyl (C=O) groups excluding carboxylic acids is 1. The Balaban J connectivity index is 1.71. The summed E-state index contributed by atoms with van der Waals surface area (Å²) in [6.45, 7) is 1.92. The second-order valence-corrected chi connectivity index (χ2v) is 5.66. The first-order valence-corrected chi connectivity index (χ1v) is 7.06. The Labute approximate surface area is 105 Å². The molecule has 90 valence electrons. The van der Waals surface area contributed by atoms with E-state index in [0.29, 0.717) is 6.04 Å². The van der Waals surface area contributed by atoms with Gasteiger partial charge in [0.1, 0.15) is 0 Å². The van der Waals surface area contributed by atoms with Gasteiger partial charge in [-0.1, -0.05) is 18.2 Å². The molecule has 0 bridgehead atoms. The van der Waals surface area contributed by atoms with Crippen LogP contribution in [0, 0.1) is 0 Å². The zero-order valence-electron chi connectivity index (χ0n) is 9.61. The monoisotopic (exact) mass is 248 g/mol. The molecule has 1 saturated heterocycles. The Hall–Kier alpha value is -1.00. The van der Waals surface area contributed by atoms with Crippen molar-refractivity contribution in [2.24, 2.45) is 0 Å². The molecule has 2 aliphatic heterocycles. The van der Waals surface area contributed by atoms with Gasteiger partial charge in [0.2, 0.25) is 5.91 Å². The molecule has 2 aliphatic rings. The molecule has 3 nitrogen and oxygen atoms in total. The topological polar surface area (TPSA) is 41.1 Å². The molecular formula is C13H16N2OS. The fraction of sp³-hybridized carbons (Fsp3) is 0.462. The van der Waals surface area contributed by atoms with Crippen molar-refractivity contribution in [1.29, 1.82) is 0 Å². The molecule has 2 heterocycles. The van der Waals surface area contributed by atoms with Gasteiger partial charge in [0.05, 0.1) is 5.92 Å². The number of amides is 1. The molecule has 1 amide bonds. The van der Waals surface area contributed by atoms with Crippen LogP contribution in [0.1, 0.15) is 17.9 Å². The first-order chi connectivity index (χ1) is 8.34. The molecule has 2 N–H and O–H groups in total. The van der Waals surface area contributed by atoms with Gasteiger partial charge in [-0.3, -0.25) is 4.79 Å². The van der Waals surface area contributed by atoms with Crippen LogP contribution in [0.3, 0.4) is 0 Å². The van der Waals surface area contributed by atoms with Crippen molar-refractivity contribution in [1.82, 2.24) is 10.6 Å². The highest BCUT2D eigenvalue weighted by Crippen LogP contribution is 2.39. The van der Waals surface area contributed by atoms with Gasteiger partial charge in [0.25, 0.3) is 0 Å². The van der Waals surface area contributed by atoms with Crippen molar-refractivity contribution in [3.05, 3.63) is 29.8 Å². The van der Waals surface area contributed by atoms with E-state index in [0.717, 1.165) is 25.3 Å². The first kappa shape index (κ1) is 11.1. The van der Waals surface area contributed by atoms with Crippen LogP contribution in [0.4, 0.5) is 0 Å². The number of fused-ring (bicyclic) bond motifs is 1. The van der Waals surface area contributed by atoms with E-state index in [1.165, 1.54) is 10.5 Å². The van der Waals surface area contributed by atoms with Crippen molar-refractivity contribution in [3.8, 4) is 0 Å². The van der Waals surface area contributed by atoms with E-state index in [-0.39, 0.29) is 11.8 Å². The second kappa shape index (κ2) is 4.70. The number of carbonyl (C=O) groups is 1. The van der Waals surface area contributed by atoms with Gasteiger partial charge >= 0.3 is 0 Å². The molecule has 1 fully saturated rings. The standard InChI is InChI=1S/C13H16N2OS/c16-13(15-9-5-6-14-7-9)11-8-17-12-4-2-1-3-10(11)12/h1-4,9,11,14H,5-8H2,(H,15,16)/t9-,11?/m1/s1. The maximum Gasteiger partial charge on any atom is 0.228 e. The number of thioether (sulfide) groups is 1. The number of rotatable bonds is 2. The molecule has 0 aromatic heterocycles. The molecule has 0 radical (unpaired) electrons. The number of hydrogen-bond acceptors (Lipinski definition) is 3. The Morgan fingerprint density at radius 3 is 3.12 bits per heavy atom. The highest BCUT2D eigenvalue weighted by molar-refractivity contribution is 7.99. The summed E-state index contributed by atoms with van der Waals surface area (Å²) < 4.78 is 0. The van der Waals surface area contributed by atoms with Crippen LogP contribution in [0.5, 0.6) is 0 Å². The van der Waals surface area contributed by atoms with Gasteiger partial charge in [-0.05, 0) is 24.6 Å². The second-order valence-electron chi connectivity index (χ2n) is 4.60. The molecule has 1 aromatic rings. The van der Waals surface area contributed by atoms with E-state index in [9.17, 15) is 4.79 Å². The minimum Gasteiger partial charge on any atom is -0.351 e. The lowest BCUT2D eigenvalue weighted by atomic mass is 10.00. The Bertz CT molecular complexity index is 429. The predicted octanol–water partition coefficient (Wildman–Crippen LogP) is 1.35. The van der Waals surface area contributed by atoms with Crippen LogP contribution < -0.4 is 10.6 Å². The molecule has 17 heavy (non-hydrogen) atoms. The van der Waals surface area contributed by atoms with Crippen LogP contribution in [0.15, 0.2) is 29.2 Å². The normalized spacial score (nSPS) is 26.8. The summed E-state index contributed by atoms with van der Waals surface area (Å²) in [5, 5.41) is 6.41. The molecule has 1 aromatic carbocycles. The van der Waals surface area contributed by atoms with E-state index in [4.69, 9.17) is 0 Å². The SMILES string of the molecule is O=C(N[C@@H]1CCNC1)C1CSc2ccccc21. The third kappa shape index (κ3) is 2.19. The molecule has 2 atom stereocenters. The largest absolute Gasteiger partial charge is 0.351 e. The van der Waals surface area contributed by atoms with Crippen LogP contribution in [0.25, 0.3) is 0 Å². The van der Waals surface area contributed by atoms with Crippen LogP contribution in [-0.4, -0.2) is 30.8 Å². The summed E-state index contributed by atoms with van der Waals surface area (Å²) >= 11 is 1.79. The van der Waals surface area contributed by atoms with E-state index < -0.39 is 0 Å². The van der Waals surface area contributed by atoms with Gasteiger partial charge in [-0.15, -0.1) is 11.8 Å². The lowest BCUT2D eigenvalue weighted by Crippen LogP contribution is -2.39. The third-order valence-electron chi connectivity index (χ3n) is 3.42. The summed E-state index contributed by atoms with van der Waals surface area (Å²) in [7, 11) is 0. The van der Waals surface area contributed by atoms with Gasteiger partial charge in [0.15, 0.2) is 0 Å². The van der Waals surface area contributed by atoms with E-state index in [2.05, 4.69) is 22.8 Å². The van der Waals surface area contributed by atoms with Crippen LogP contribution >= 0.6 is 11.8 Å². The molecular weight excluding hydrogens is 232 g/mol. The van der Waals surface area contributed by atoms with Gasteiger partial charge in [-0.2, -0.15) is 0 Å². The Morgan fingerprint density at radius 2 is 2.29 bits per heavy atom. The Kier molecular flexibility index (Phi) is 3.07. The highest BCUT2D eigenvalue weighted by Gasteiger charge is 2.30. The number of benzene rings is 1. The molecule has 0 aliphatic carbocycles. The van der Waals surface area contributed by atoms with Crippen molar-refractivity contribution in [2.45, 2.75) is 23.3 Å².